The molecular weight excluding hydrogens is 312 g/mol. The lowest BCUT2D eigenvalue weighted by atomic mass is 9.95. The summed E-state index contributed by atoms with van der Waals surface area (Å²) in [6.07, 6.45) is 1.63. The third-order valence-electron chi connectivity index (χ3n) is 4.22. The fourth-order valence-electron chi connectivity index (χ4n) is 3.22. The molecule has 3 unspecified atom stereocenters. The molecule has 102 valence electrons. The van der Waals surface area contributed by atoms with Crippen LogP contribution < -0.4 is 10.2 Å². The van der Waals surface area contributed by atoms with E-state index in [0.29, 0.717) is 22.1 Å². The highest BCUT2D eigenvalue weighted by Gasteiger charge is 2.43. The molecule has 1 aromatic rings. The lowest BCUT2D eigenvalue weighted by Crippen LogP contribution is -2.34. The van der Waals surface area contributed by atoms with E-state index in [4.69, 9.17) is 0 Å². The fraction of sp³-hybridized carbons (Fsp3) is 0.583. The molecule has 7 heteroatoms. The first-order valence-corrected chi connectivity index (χ1v) is 7.14. The number of hydrogen-bond donors (Lipinski definition) is 1. The van der Waals surface area contributed by atoms with Crippen LogP contribution in [0.2, 0.25) is 0 Å². The van der Waals surface area contributed by atoms with Gasteiger partial charge in [0.2, 0.25) is 5.82 Å². The Hall–Kier alpha value is -1.21. The van der Waals surface area contributed by atoms with Crippen molar-refractivity contribution in [3.05, 3.63) is 26.9 Å². The number of aromatic nitrogens is 1. The Kier molecular flexibility index (Phi) is 3.18. The molecule has 6 nitrogen and oxygen atoms in total. The van der Waals surface area contributed by atoms with Crippen LogP contribution in [0.25, 0.3) is 0 Å². The number of nitrogens with zero attached hydrogens (tertiary/aromatic N) is 3. The molecule has 1 aromatic heterocycles. The highest BCUT2D eigenvalue weighted by molar-refractivity contribution is 9.10. The lowest BCUT2D eigenvalue weighted by Gasteiger charge is -2.25. The SMILES string of the molecule is CC1C2CNCC2CN1c1ncc(Br)cc1[N+](=O)[O-]. The Bertz CT molecular complexity index is 524. The minimum absolute atomic E-state index is 0.0779. The first-order chi connectivity index (χ1) is 9.08. The average molecular weight is 327 g/mol. The third kappa shape index (κ3) is 2.10. The van der Waals surface area contributed by atoms with E-state index in [1.165, 1.54) is 6.07 Å². The Morgan fingerprint density at radius 1 is 1.58 bits per heavy atom. The van der Waals surface area contributed by atoms with Gasteiger partial charge in [-0.25, -0.2) is 4.98 Å². The number of halogens is 1. The zero-order valence-electron chi connectivity index (χ0n) is 10.5. The number of hydrogen-bond acceptors (Lipinski definition) is 5. The predicted octanol–water partition coefficient (Wildman–Crippen LogP) is 1.80. The van der Waals surface area contributed by atoms with E-state index in [-0.39, 0.29) is 16.7 Å². The highest BCUT2D eigenvalue weighted by Crippen LogP contribution is 2.39. The summed E-state index contributed by atoms with van der Waals surface area (Å²) in [5, 5.41) is 14.6. The molecule has 0 saturated carbocycles. The lowest BCUT2D eigenvalue weighted by molar-refractivity contribution is -0.384. The Morgan fingerprint density at radius 3 is 3.05 bits per heavy atom. The van der Waals surface area contributed by atoms with Crippen molar-refractivity contribution >= 4 is 27.4 Å². The Balaban J connectivity index is 1.97. The van der Waals surface area contributed by atoms with E-state index in [1.807, 2.05) is 0 Å². The molecular formula is C12H15BrN4O2. The molecule has 1 N–H and O–H groups in total. The molecule has 19 heavy (non-hydrogen) atoms. The Labute approximate surface area is 119 Å². The molecule has 2 aliphatic rings. The van der Waals surface area contributed by atoms with Crippen LogP contribution in [0.4, 0.5) is 11.5 Å². The maximum atomic E-state index is 11.2. The summed E-state index contributed by atoms with van der Waals surface area (Å²) in [4.78, 5) is 17.2. The van der Waals surface area contributed by atoms with Gasteiger partial charge in [-0.15, -0.1) is 0 Å². The topological polar surface area (TPSA) is 71.3 Å². The molecule has 0 spiro atoms. The van der Waals surface area contributed by atoms with Gasteiger partial charge in [-0.1, -0.05) is 0 Å². The van der Waals surface area contributed by atoms with Gasteiger partial charge in [-0.05, 0) is 34.7 Å². The van der Waals surface area contributed by atoms with Gasteiger partial charge in [0.1, 0.15) is 0 Å². The summed E-state index contributed by atoms with van der Waals surface area (Å²) in [6.45, 7) is 4.96. The van der Waals surface area contributed by atoms with Crippen LogP contribution in [0, 0.1) is 22.0 Å². The van der Waals surface area contributed by atoms with Crippen LogP contribution in [0.5, 0.6) is 0 Å². The van der Waals surface area contributed by atoms with E-state index >= 15 is 0 Å². The van der Waals surface area contributed by atoms with E-state index in [9.17, 15) is 10.1 Å². The zero-order valence-corrected chi connectivity index (χ0v) is 12.1. The van der Waals surface area contributed by atoms with E-state index < -0.39 is 0 Å². The standard InChI is InChI=1S/C12H15BrN4O2/c1-7-10-5-14-3-8(10)6-16(7)12-11(17(18)19)2-9(13)4-15-12/h2,4,7-8,10,14H,3,5-6H2,1H3. The molecule has 0 bridgehead atoms. The van der Waals surface area contributed by atoms with Gasteiger partial charge < -0.3 is 10.2 Å². The molecule has 2 aliphatic heterocycles. The van der Waals surface area contributed by atoms with E-state index in [2.05, 4.69) is 38.1 Å². The van der Waals surface area contributed by atoms with Crippen molar-refractivity contribution in [1.29, 1.82) is 0 Å². The van der Waals surface area contributed by atoms with Crippen molar-refractivity contribution in [2.45, 2.75) is 13.0 Å². The number of nitro groups is 1. The largest absolute Gasteiger partial charge is 0.348 e. The zero-order chi connectivity index (χ0) is 13.6. The van der Waals surface area contributed by atoms with Gasteiger partial charge in [0, 0.05) is 42.4 Å². The first-order valence-electron chi connectivity index (χ1n) is 6.35. The summed E-state index contributed by atoms with van der Waals surface area (Å²) in [7, 11) is 0. The normalized spacial score (nSPS) is 29.6. The Morgan fingerprint density at radius 2 is 2.37 bits per heavy atom. The van der Waals surface area contributed by atoms with Gasteiger partial charge in [0.15, 0.2) is 0 Å². The van der Waals surface area contributed by atoms with Crippen LogP contribution in [0.3, 0.4) is 0 Å². The summed E-state index contributed by atoms with van der Waals surface area (Å²) < 4.78 is 0.636. The van der Waals surface area contributed by atoms with Crippen LogP contribution >= 0.6 is 15.9 Å². The summed E-state index contributed by atoms with van der Waals surface area (Å²) in [5.74, 6) is 1.63. The van der Waals surface area contributed by atoms with Crippen molar-refractivity contribution in [3.8, 4) is 0 Å². The number of rotatable bonds is 2. The molecule has 2 saturated heterocycles. The molecule has 0 aliphatic carbocycles. The smallest absolute Gasteiger partial charge is 0.312 e. The molecule has 2 fully saturated rings. The average Bonchev–Trinajstić information content (AvgIpc) is 2.93. The first kappa shape index (κ1) is 12.8. The van der Waals surface area contributed by atoms with Crippen LogP contribution in [0.1, 0.15) is 6.92 Å². The number of anilines is 1. The van der Waals surface area contributed by atoms with Gasteiger partial charge in [0.05, 0.1) is 4.92 Å². The maximum Gasteiger partial charge on any atom is 0.312 e. The maximum absolute atomic E-state index is 11.2. The van der Waals surface area contributed by atoms with Gasteiger partial charge >= 0.3 is 5.69 Å². The van der Waals surface area contributed by atoms with Crippen LogP contribution in [-0.2, 0) is 0 Å². The van der Waals surface area contributed by atoms with Crippen LogP contribution in [0.15, 0.2) is 16.7 Å². The number of fused-ring (bicyclic) bond motifs is 1. The quantitative estimate of drug-likeness (QED) is 0.662. The van der Waals surface area contributed by atoms with Crippen LogP contribution in [-0.4, -0.2) is 35.6 Å². The van der Waals surface area contributed by atoms with Crippen molar-refractivity contribution < 1.29 is 4.92 Å². The second-order valence-electron chi connectivity index (χ2n) is 5.23. The molecule has 3 rings (SSSR count). The van der Waals surface area contributed by atoms with Crippen molar-refractivity contribution in [2.24, 2.45) is 11.8 Å². The summed E-state index contributed by atoms with van der Waals surface area (Å²) in [5.41, 5.74) is 0.0779. The summed E-state index contributed by atoms with van der Waals surface area (Å²) >= 11 is 3.24. The summed E-state index contributed by atoms with van der Waals surface area (Å²) in [6, 6.07) is 1.81. The number of pyridine rings is 1. The molecule has 0 amide bonds. The minimum atomic E-state index is -0.355. The molecule has 3 heterocycles. The highest BCUT2D eigenvalue weighted by atomic mass is 79.9. The third-order valence-corrected chi connectivity index (χ3v) is 4.65. The van der Waals surface area contributed by atoms with Crippen molar-refractivity contribution in [3.63, 3.8) is 0 Å². The fourth-order valence-corrected chi connectivity index (χ4v) is 3.54. The molecule has 0 aromatic carbocycles. The molecule has 3 atom stereocenters. The van der Waals surface area contributed by atoms with E-state index in [1.54, 1.807) is 6.20 Å². The van der Waals surface area contributed by atoms with Crippen molar-refractivity contribution in [1.82, 2.24) is 10.3 Å². The molecule has 0 radical (unpaired) electrons. The predicted molar refractivity (Wildman–Crippen MR) is 75.2 cm³/mol. The second-order valence-corrected chi connectivity index (χ2v) is 6.14. The minimum Gasteiger partial charge on any atom is -0.348 e. The number of nitrogens with one attached hydrogen (secondary N) is 1. The van der Waals surface area contributed by atoms with Gasteiger partial charge in [-0.2, -0.15) is 0 Å². The van der Waals surface area contributed by atoms with Gasteiger partial charge in [0.25, 0.3) is 0 Å². The monoisotopic (exact) mass is 326 g/mol. The van der Waals surface area contributed by atoms with E-state index in [0.717, 1.165) is 19.6 Å². The second kappa shape index (κ2) is 4.72. The van der Waals surface area contributed by atoms with Gasteiger partial charge in [-0.3, -0.25) is 10.1 Å². The van der Waals surface area contributed by atoms with Crippen molar-refractivity contribution in [2.75, 3.05) is 24.5 Å².